The van der Waals surface area contributed by atoms with Crippen molar-refractivity contribution in [2.24, 2.45) is 5.92 Å². The third-order valence-electron chi connectivity index (χ3n) is 1.70. The second-order valence-corrected chi connectivity index (χ2v) is 3.11. The first-order valence-electron chi connectivity index (χ1n) is 4.49. The molecule has 2 N–H and O–H groups in total. The molecular weight excluding hydrogens is 152 g/mol. The van der Waals surface area contributed by atoms with Crippen LogP contribution in [0.5, 0.6) is 0 Å². The summed E-state index contributed by atoms with van der Waals surface area (Å²) in [5.74, 6) is 0.334. The van der Waals surface area contributed by atoms with Crippen molar-refractivity contribution in [2.45, 2.75) is 26.2 Å². The molecule has 0 saturated carbocycles. The van der Waals surface area contributed by atoms with Crippen molar-refractivity contribution >= 4 is 0 Å². The molecular formula is C9H18N2O. The van der Waals surface area contributed by atoms with E-state index in [-0.39, 0.29) is 6.61 Å². The number of hydrogen-bond acceptors (Lipinski definition) is 3. The fourth-order valence-corrected chi connectivity index (χ4v) is 0.867. The van der Waals surface area contributed by atoms with Crippen LogP contribution in [-0.4, -0.2) is 24.8 Å². The van der Waals surface area contributed by atoms with E-state index in [0.717, 1.165) is 25.9 Å². The fraction of sp³-hybridized carbons (Fsp3) is 0.889. The lowest BCUT2D eigenvalue weighted by molar-refractivity contribution is 0.234. The third-order valence-corrected chi connectivity index (χ3v) is 1.70. The summed E-state index contributed by atoms with van der Waals surface area (Å²) >= 11 is 0. The molecule has 0 aromatic rings. The Kier molecular flexibility index (Phi) is 8.09. The van der Waals surface area contributed by atoms with E-state index in [9.17, 15) is 0 Å². The molecule has 0 aliphatic heterocycles. The topological polar surface area (TPSA) is 56.0 Å². The summed E-state index contributed by atoms with van der Waals surface area (Å²) in [6, 6.07) is 2.11. The Morgan fingerprint density at radius 1 is 1.50 bits per heavy atom. The summed E-state index contributed by atoms with van der Waals surface area (Å²) in [6.45, 7) is 4.06. The quantitative estimate of drug-likeness (QED) is 0.558. The van der Waals surface area contributed by atoms with Gasteiger partial charge < -0.3 is 10.4 Å². The second kappa shape index (κ2) is 8.51. The van der Waals surface area contributed by atoms with E-state index in [1.54, 1.807) is 0 Å². The van der Waals surface area contributed by atoms with E-state index in [1.165, 1.54) is 0 Å². The maximum atomic E-state index is 8.69. The molecule has 0 bridgehead atoms. The molecule has 0 spiro atoms. The number of unbranched alkanes of at least 4 members (excludes halogenated alkanes) is 2. The van der Waals surface area contributed by atoms with Crippen LogP contribution in [0.2, 0.25) is 0 Å². The van der Waals surface area contributed by atoms with Gasteiger partial charge in [-0.05, 0) is 31.8 Å². The Labute approximate surface area is 74.4 Å². The Bertz CT molecular complexity index is 131. The zero-order chi connectivity index (χ0) is 9.23. The smallest absolute Gasteiger partial charge is 0.0621 e. The number of nitrogens with one attached hydrogen (secondary N) is 1. The van der Waals surface area contributed by atoms with Crippen molar-refractivity contribution in [3.05, 3.63) is 0 Å². The number of aliphatic hydroxyl groups is 1. The SMILES string of the molecule is CC(CO)CNCCCCC#N. The molecule has 12 heavy (non-hydrogen) atoms. The molecule has 0 aliphatic carbocycles. The van der Waals surface area contributed by atoms with Gasteiger partial charge in [0.15, 0.2) is 0 Å². The van der Waals surface area contributed by atoms with Crippen LogP contribution in [0.1, 0.15) is 26.2 Å². The Hall–Kier alpha value is -0.590. The molecule has 1 atom stereocenters. The number of aliphatic hydroxyl groups excluding tert-OH is 1. The first kappa shape index (κ1) is 11.4. The molecule has 0 saturated heterocycles. The van der Waals surface area contributed by atoms with E-state index >= 15 is 0 Å². The van der Waals surface area contributed by atoms with E-state index in [4.69, 9.17) is 10.4 Å². The molecule has 0 aromatic carbocycles. The normalized spacial score (nSPS) is 12.4. The summed E-state index contributed by atoms with van der Waals surface area (Å²) in [4.78, 5) is 0. The molecule has 3 heteroatoms. The number of nitrogens with zero attached hydrogens (tertiary/aromatic N) is 1. The van der Waals surface area contributed by atoms with E-state index in [0.29, 0.717) is 12.3 Å². The number of rotatable bonds is 7. The zero-order valence-corrected chi connectivity index (χ0v) is 7.71. The highest BCUT2D eigenvalue weighted by molar-refractivity contribution is 4.68. The van der Waals surface area contributed by atoms with Crippen LogP contribution in [0.15, 0.2) is 0 Å². The number of hydrogen-bond donors (Lipinski definition) is 2. The maximum Gasteiger partial charge on any atom is 0.0621 e. The average molecular weight is 170 g/mol. The molecule has 0 heterocycles. The predicted octanol–water partition coefficient (Wildman–Crippen LogP) is 0.898. The van der Waals surface area contributed by atoms with Crippen molar-refractivity contribution in [2.75, 3.05) is 19.7 Å². The van der Waals surface area contributed by atoms with Crippen molar-refractivity contribution in [3.63, 3.8) is 0 Å². The summed E-state index contributed by atoms with van der Waals surface area (Å²) in [7, 11) is 0. The molecule has 70 valence electrons. The van der Waals surface area contributed by atoms with Gasteiger partial charge in [0.1, 0.15) is 0 Å². The highest BCUT2D eigenvalue weighted by Crippen LogP contribution is 1.93. The van der Waals surface area contributed by atoms with Gasteiger partial charge in [0.05, 0.1) is 6.07 Å². The highest BCUT2D eigenvalue weighted by atomic mass is 16.3. The van der Waals surface area contributed by atoms with Crippen molar-refractivity contribution in [1.29, 1.82) is 5.26 Å². The standard InChI is InChI=1S/C9H18N2O/c1-9(8-12)7-11-6-4-2-3-5-10/h9,11-12H,2-4,6-8H2,1H3. The fourth-order valence-electron chi connectivity index (χ4n) is 0.867. The molecule has 0 amide bonds. The van der Waals surface area contributed by atoms with Gasteiger partial charge in [-0.2, -0.15) is 5.26 Å². The van der Waals surface area contributed by atoms with Crippen molar-refractivity contribution in [3.8, 4) is 6.07 Å². The van der Waals surface area contributed by atoms with Gasteiger partial charge in [-0.15, -0.1) is 0 Å². The first-order valence-corrected chi connectivity index (χ1v) is 4.49. The second-order valence-electron chi connectivity index (χ2n) is 3.11. The van der Waals surface area contributed by atoms with Gasteiger partial charge in [-0.3, -0.25) is 0 Å². The van der Waals surface area contributed by atoms with Gasteiger partial charge >= 0.3 is 0 Å². The van der Waals surface area contributed by atoms with Gasteiger partial charge in [0, 0.05) is 13.0 Å². The summed E-state index contributed by atoms with van der Waals surface area (Å²) in [5, 5.41) is 20.2. The van der Waals surface area contributed by atoms with Crippen molar-refractivity contribution in [1.82, 2.24) is 5.32 Å². The van der Waals surface area contributed by atoms with Crippen LogP contribution >= 0.6 is 0 Å². The van der Waals surface area contributed by atoms with Crippen LogP contribution in [-0.2, 0) is 0 Å². The molecule has 1 unspecified atom stereocenters. The minimum absolute atomic E-state index is 0.241. The van der Waals surface area contributed by atoms with Gasteiger partial charge in [0.2, 0.25) is 0 Å². The van der Waals surface area contributed by atoms with Gasteiger partial charge in [-0.1, -0.05) is 6.92 Å². The maximum absolute atomic E-state index is 8.69. The van der Waals surface area contributed by atoms with Crippen LogP contribution in [0.25, 0.3) is 0 Å². The lowest BCUT2D eigenvalue weighted by Gasteiger charge is -2.08. The molecule has 0 aliphatic rings. The van der Waals surface area contributed by atoms with E-state index in [2.05, 4.69) is 11.4 Å². The van der Waals surface area contributed by atoms with E-state index in [1.807, 2.05) is 6.92 Å². The lowest BCUT2D eigenvalue weighted by atomic mass is 10.2. The zero-order valence-electron chi connectivity index (χ0n) is 7.71. The number of nitriles is 1. The largest absolute Gasteiger partial charge is 0.396 e. The first-order chi connectivity index (χ1) is 5.81. The Morgan fingerprint density at radius 2 is 2.25 bits per heavy atom. The molecule has 0 radical (unpaired) electrons. The predicted molar refractivity (Wildman–Crippen MR) is 48.6 cm³/mol. The summed E-state index contributed by atoms with van der Waals surface area (Å²) < 4.78 is 0. The van der Waals surface area contributed by atoms with Gasteiger partial charge in [0.25, 0.3) is 0 Å². The summed E-state index contributed by atoms with van der Waals surface area (Å²) in [6.07, 6.45) is 2.67. The Morgan fingerprint density at radius 3 is 2.83 bits per heavy atom. The highest BCUT2D eigenvalue weighted by Gasteiger charge is 1.97. The lowest BCUT2D eigenvalue weighted by Crippen LogP contribution is -2.24. The van der Waals surface area contributed by atoms with Crippen LogP contribution < -0.4 is 5.32 Å². The van der Waals surface area contributed by atoms with E-state index < -0.39 is 0 Å². The van der Waals surface area contributed by atoms with Crippen LogP contribution in [0.4, 0.5) is 0 Å². The van der Waals surface area contributed by atoms with Crippen LogP contribution in [0.3, 0.4) is 0 Å². The molecule has 0 fully saturated rings. The summed E-state index contributed by atoms with van der Waals surface area (Å²) in [5.41, 5.74) is 0. The monoisotopic (exact) mass is 170 g/mol. The molecule has 3 nitrogen and oxygen atoms in total. The molecule has 0 rings (SSSR count). The Balaban J connectivity index is 2.96. The average Bonchev–Trinajstić information content (AvgIpc) is 2.10. The van der Waals surface area contributed by atoms with Gasteiger partial charge in [-0.25, -0.2) is 0 Å². The molecule has 0 aromatic heterocycles. The van der Waals surface area contributed by atoms with Crippen LogP contribution in [0, 0.1) is 17.2 Å². The minimum atomic E-state index is 0.241. The third kappa shape index (κ3) is 7.52. The minimum Gasteiger partial charge on any atom is -0.396 e. The van der Waals surface area contributed by atoms with Crippen molar-refractivity contribution < 1.29 is 5.11 Å².